The standard InChI is InChI=1S/C10H9N5S/c1-6-8(7-3-2-4-12-5-7)15-10(16-6)13-9(11)14-15/h2-5H,1H3,(H2,11,14). The summed E-state index contributed by atoms with van der Waals surface area (Å²) in [5, 5.41) is 4.18. The van der Waals surface area contributed by atoms with E-state index in [4.69, 9.17) is 5.73 Å². The molecule has 0 amide bonds. The molecule has 0 unspecified atom stereocenters. The zero-order valence-corrected chi connectivity index (χ0v) is 9.40. The molecule has 0 aliphatic rings. The molecule has 16 heavy (non-hydrogen) atoms. The lowest BCUT2D eigenvalue weighted by atomic mass is 10.2. The van der Waals surface area contributed by atoms with Gasteiger partial charge >= 0.3 is 0 Å². The van der Waals surface area contributed by atoms with Crippen LogP contribution in [0.5, 0.6) is 0 Å². The van der Waals surface area contributed by atoms with E-state index in [2.05, 4.69) is 15.1 Å². The Balaban J connectivity index is 2.33. The van der Waals surface area contributed by atoms with E-state index < -0.39 is 0 Å². The molecule has 0 spiro atoms. The van der Waals surface area contributed by atoms with Crippen LogP contribution in [-0.4, -0.2) is 19.6 Å². The topological polar surface area (TPSA) is 69.1 Å². The average molecular weight is 231 g/mol. The second-order valence-electron chi connectivity index (χ2n) is 3.41. The van der Waals surface area contributed by atoms with E-state index in [0.717, 1.165) is 21.1 Å². The fourth-order valence-electron chi connectivity index (χ4n) is 1.69. The molecule has 3 rings (SSSR count). The van der Waals surface area contributed by atoms with Crippen LogP contribution in [-0.2, 0) is 0 Å². The van der Waals surface area contributed by atoms with E-state index in [1.54, 1.807) is 22.0 Å². The highest BCUT2D eigenvalue weighted by Gasteiger charge is 2.14. The number of hydrogen-bond donors (Lipinski definition) is 1. The van der Waals surface area contributed by atoms with Crippen LogP contribution in [0.25, 0.3) is 16.2 Å². The molecule has 0 fully saturated rings. The van der Waals surface area contributed by atoms with Crippen molar-refractivity contribution in [2.45, 2.75) is 6.92 Å². The lowest BCUT2D eigenvalue weighted by Gasteiger charge is -1.99. The van der Waals surface area contributed by atoms with Gasteiger partial charge in [0.05, 0.1) is 5.69 Å². The van der Waals surface area contributed by atoms with Crippen LogP contribution >= 0.6 is 11.3 Å². The smallest absolute Gasteiger partial charge is 0.241 e. The highest BCUT2D eigenvalue weighted by Crippen LogP contribution is 2.29. The van der Waals surface area contributed by atoms with Crippen LogP contribution < -0.4 is 5.73 Å². The number of aryl methyl sites for hydroxylation is 1. The van der Waals surface area contributed by atoms with Gasteiger partial charge in [-0.2, -0.15) is 4.98 Å². The first-order valence-corrected chi connectivity index (χ1v) is 5.59. The Hall–Kier alpha value is -1.95. The van der Waals surface area contributed by atoms with E-state index >= 15 is 0 Å². The van der Waals surface area contributed by atoms with Crippen molar-refractivity contribution >= 4 is 22.2 Å². The van der Waals surface area contributed by atoms with Crippen molar-refractivity contribution in [3.05, 3.63) is 29.4 Å². The highest BCUT2D eigenvalue weighted by atomic mass is 32.1. The first-order valence-electron chi connectivity index (χ1n) is 4.78. The molecule has 0 radical (unpaired) electrons. The molecule has 0 aromatic carbocycles. The van der Waals surface area contributed by atoms with Crippen molar-refractivity contribution in [2.75, 3.05) is 5.73 Å². The van der Waals surface area contributed by atoms with Crippen LogP contribution in [0, 0.1) is 6.92 Å². The normalized spacial score (nSPS) is 11.1. The van der Waals surface area contributed by atoms with E-state index in [1.807, 2.05) is 25.3 Å². The molecular formula is C10H9N5S. The molecule has 0 aliphatic heterocycles. The minimum absolute atomic E-state index is 0.302. The molecule has 0 saturated carbocycles. The molecule has 3 heterocycles. The van der Waals surface area contributed by atoms with Gasteiger partial charge in [0, 0.05) is 22.8 Å². The number of rotatable bonds is 1. The predicted molar refractivity (Wildman–Crippen MR) is 63.2 cm³/mol. The summed E-state index contributed by atoms with van der Waals surface area (Å²) in [4.78, 5) is 10.2. The summed E-state index contributed by atoms with van der Waals surface area (Å²) in [5.41, 5.74) is 7.62. The fraction of sp³-hybridized carbons (Fsp3) is 0.100. The number of aromatic nitrogens is 4. The summed E-state index contributed by atoms with van der Waals surface area (Å²) in [5.74, 6) is 0.302. The molecule has 80 valence electrons. The van der Waals surface area contributed by atoms with Crippen molar-refractivity contribution in [3.8, 4) is 11.3 Å². The summed E-state index contributed by atoms with van der Waals surface area (Å²) < 4.78 is 1.77. The second kappa shape index (κ2) is 3.28. The maximum Gasteiger partial charge on any atom is 0.241 e. The molecule has 0 saturated heterocycles. The van der Waals surface area contributed by atoms with Crippen LogP contribution in [0.3, 0.4) is 0 Å². The van der Waals surface area contributed by atoms with Crippen molar-refractivity contribution < 1.29 is 0 Å². The number of thiazole rings is 1. The number of fused-ring (bicyclic) bond motifs is 1. The average Bonchev–Trinajstić information content (AvgIpc) is 2.74. The SMILES string of the molecule is Cc1sc2nc(N)nn2c1-c1cccnc1. The number of nitrogen functional groups attached to an aromatic ring is 1. The molecule has 3 aromatic rings. The van der Waals surface area contributed by atoms with E-state index in [-0.39, 0.29) is 0 Å². The summed E-state index contributed by atoms with van der Waals surface area (Å²) in [6.45, 7) is 2.04. The Kier molecular flexibility index (Phi) is 1.90. The van der Waals surface area contributed by atoms with Crippen LogP contribution in [0.1, 0.15) is 4.88 Å². The predicted octanol–water partition coefficient (Wildman–Crippen LogP) is 1.74. The molecule has 5 nitrogen and oxygen atoms in total. The third-order valence-electron chi connectivity index (χ3n) is 2.32. The Morgan fingerprint density at radius 3 is 3.06 bits per heavy atom. The van der Waals surface area contributed by atoms with Gasteiger partial charge in [0.2, 0.25) is 10.9 Å². The quantitative estimate of drug-likeness (QED) is 0.692. The van der Waals surface area contributed by atoms with Crippen LogP contribution in [0.2, 0.25) is 0 Å². The first-order chi connectivity index (χ1) is 7.75. The van der Waals surface area contributed by atoms with E-state index in [1.165, 1.54) is 0 Å². The lowest BCUT2D eigenvalue weighted by Crippen LogP contribution is -1.92. The van der Waals surface area contributed by atoms with Gasteiger partial charge in [0.1, 0.15) is 0 Å². The van der Waals surface area contributed by atoms with Gasteiger partial charge in [-0.1, -0.05) is 11.3 Å². The first kappa shape index (κ1) is 9.29. The molecular weight excluding hydrogens is 222 g/mol. The summed E-state index contributed by atoms with van der Waals surface area (Å²) in [6.07, 6.45) is 3.56. The Morgan fingerprint density at radius 1 is 1.44 bits per heavy atom. The van der Waals surface area contributed by atoms with Gasteiger partial charge in [-0.25, -0.2) is 4.52 Å². The fourth-order valence-corrected chi connectivity index (χ4v) is 2.62. The van der Waals surface area contributed by atoms with Gasteiger partial charge in [-0.3, -0.25) is 4.98 Å². The number of pyridine rings is 1. The Morgan fingerprint density at radius 2 is 2.31 bits per heavy atom. The number of anilines is 1. The molecule has 2 N–H and O–H groups in total. The van der Waals surface area contributed by atoms with Crippen molar-refractivity contribution in [1.29, 1.82) is 0 Å². The third-order valence-corrected chi connectivity index (χ3v) is 3.26. The van der Waals surface area contributed by atoms with Crippen LogP contribution in [0.15, 0.2) is 24.5 Å². The van der Waals surface area contributed by atoms with Gasteiger partial charge in [0.25, 0.3) is 0 Å². The van der Waals surface area contributed by atoms with Crippen molar-refractivity contribution in [2.24, 2.45) is 0 Å². The van der Waals surface area contributed by atoms with E-state index in [9.17, 15) is 0 Å². The molecule has 0 bridgehead atoms. The molecule has 6 heteroatoms. The second-order valence-corrected chi connectivity index (χ2v) is 4.59. The number of hydrogen-bond acceptors (Lipinski definition) is 5. The maximum atomic E-state index is 5.58. The molecule has 0 atom stereocenters. The number of nitrogens with zero attached hydrogens (tertiary/aromatic N) is 4. The van der Waals surface area contributed by atoms with Gasteiger partial charge < -0.3 is 5.73 Å². The molecule has 0 aliphatic carbocycles. The minimum Gasteiger partial charge on any atom is -0.366 e. The summed E-state index contributed by atoms with van der Waals surface area (Å²) in [7, 11) is 0. The van der Waals surface area contributed by atoms with Crippen molar-refractivity contribution in [1.82, 2.24) is 19.6 Å². The number of nitrogens with two attached hydrogens (primary N) is 1. The largest absolute Gasteiger partial charge is 0.366 e. The Bertz CT molecular complexity index is 640. The van der Waals surface area contributed by atoms with Crippen molar-refractivity contribution in [3.63, 3.8) is 0 Å². The monoisotopic (exact) mass is 231 g/mol. The van der Waals surface area contributed by atoms with Gasteiger partial charge in [0.15, 0.2) is 0 Å². The zero-order chi connectivity index (χ0) is 11.1. The highest BCUT2D eigenvalue weighted by molar-refractivity contribution is 7.17. The zero-order valence-electron chi connectivity index (χ0n) is 8.58. The maximum absolute atomic E-state index is 5.58. The minimum atomic E-state index is 0.302. The Labute approximate surface area is 95.6 Å². The summed E-state index contributed by atoms with van der Waals surface area (Å²) in [6, 6.07) is 3.90. The van der Waals surface area contributed by atoms with E-state index in [0.29, 0.717) is 5.95 Å². The van der Waals surface area contributed by atoms with Gasteiger partial charge in [-0.05, 0) is 19.1 Å². The van der Waals surface area contributed by atoms with Crippen LogP contribution in [0.4, 0.5) is 5.95 Å². The van der Waals surface area contributed by atoms with Gasteiger partial charge in [-0.15, -0.1) is 5.10 Å². The summed E-state index contributed by atoms with van der Waals surface area (Å²) >= 11 is 1.58. The third kappa shape index (κ3) is 1.27. The lowest BCUT2D eigenvalue weighted by molar-refractivity contribution is 0.986. The molecule has 3 aromatic heterocycles.